The van der Waals surface area contributed by atoms with E-state index in [1.807, 2.05) is 0 Å². The Morgan fingerprint density at radius 3 is 2.43 bits per heavy atom. The lowest BCUT2D eigenvalue weighted by Crippen LogP contribution is -2.31. The summed E-state index contributed by atoms with van der Waals surface area (Å²) in [6.45, 7) is 6.38. The van der Waals surface area contributed by atoms with Crippen molar-refractivity contribution >= 4 is 11.7 Å². The summed E-state index contributed by atoms with van der Waals surface area (Å²) in [7, 11) is 0. The van der Waals surface area contributed by atoms with Crippen LogP contribution in [0.5, 0.6) is 5.88 Å². The molecular weight excluding hydrogens is 399 g/mol. The van der Waals surface area contributed by atoms with Crippen LogP contribution in [0, 0.1) is 12.8 Å². The number of rotatable bonds is 8. The number of alkyl halides is 3. The number of aryl methyl sites for hydroxylation is 1. The number of aromatic nitrogens is 2. The number of hydrogen-bond donors (Lipinski definition) is 1. The molecule has 0 unspecified atom stereocenters. The maximum absolute atomic E-state index is 12.5. The highest BCUT2D eigenvalue weighted by atomic mass is 19.4. The molecule has 0 saturated heterocycles. The van der Waals surface area contributed by atoms with Crippen LogP contribution in [0.2, 0.25) is 0 Å². The Balaban J connectivity index is 1.98. The molecule has 1 N–H and O–H groups in total. The third kappa shape index (κ3) is 6.82. The molecule has 0 aliphatic heterocycles. The number of halogens is 3. The predicted molar refractivity (Wildman–Crippen MR) is 104 cm³/mol. The minimum Gasteiger partial charge on any atom is -0.465 e. The van der Waals surface area contributed by atoms with Crippen molar-refractivity contribution in [2.75, 3.05) is 0 Å². The first-order valence-electron chi connectivity index (χ1n) is 9.42. The van der Waals surface area contributed by atoms with Crippen molar-refractivity contribution in [3.63, 3.8) is 0 Å². The minimum atomic E-state index is -4.48. The Bertz CT molecular complexity index is 897. The first kappa shape index (κ1) is 23.3. The fraction of sp³-hybridized carbons (Fsp3) is 0.429. The molecule has 0 spiro atoms. The molecule has 2 heterocycles. The summed E-state index contributed by atoms with van der Waals surface area (Å²) in [5.41, 5.74) is 2.12. The fourth-order valence-electron chi connectivity index (χ4n) is 2.46. The van der Waals surface area contributed by atoms with Gasteiger partial charge in [0.05, 0.1) is 0 Å². The molecule has 0 radical (unpaired) electrons. The third-order valence-electron chi connectivity index (χ3n) is 4.28. The molecule has 0 aromatic carbocycles. The Morgan fingerprint density at radius 2 is 1.87 bits per heavy atom. The molecule has 30 heavy (non-hydrogen) atoms. The number of carbonyl (C=O) groups is 2. The van der Waals surface area contributed by atoms with Crippen LogP contribution in [-0.2, 0) is 17.8 Å². The van der Waals surface area contributed by atoms with E-state index in [2.05, 4.69) is 15.3 Å². The van der Waals surface area contributed by atoms with Gasteiger partial charge in [-0.3, -0.25) is 14.6 Å². The van der Waals surface area contributed by atoms with E-state index in [4.69, 9.17) is 4.74 Å². The van der Waals surface area contributed by atoms with Crippen molar-refractivity contribution in [3.8, 4) is 5.88 Å². The van der Waals surface area contributed by atoms with E-state index in [1.165, 1.54) is 18.3 Å². The molecule has 1 amide bonds. The van der Waals surface area contributed by atoms with Gasteiger partial charge in [0.2, 0.25) is 5.88 Å². The molecule has 2 aromatic heterocycles. The summed E-state index contributed by atoms with van der Waals surface area (Å²) in [4.78, 5) is 32.6. The van der Waals surface area contributed by atoms with Gasteiger partial charge in [0.1, 0.15) is 5.78 Å². The van der Waals surface area contributed by atoms with Gasteiger partial charge in [-0.25, -0.2) is 4.98 Å². The summed E-state index contributed by atoms with van der Waals surface area (Å²) in [5.74, 6) is -0.597. The van der Waals surface area contributed by atoms with Gasteiger partial charge in [0, 0.05) is 48.1 Å². The molecular formula is C21H24F3N3O3. The molecule has 6 nitrogen and oxygen atoms in total. The Labute approximate surface area is 172 Å². The van der Waals surface area contributed by atoms with Crippen LogP contribution >= 0.6 is 0 Å². The molecule has 0 saturated carbocycles. The number of pyridine rings is 2. The number of ketones is 1. The average molecular weight is 423 g/mol. The zero-order valence-electron chi connectivity index (χ0n) is 17.2. The van der Waals surface area contributed by atoms with E-state index in [0.29, 0.717) is 22.5 Å². The van der Waals surface area contributed by atoms with Gasteiger partial charge < -0.3 is 10.1 Å². The highest BCUT2D eigenvalue weighted by Gasteiger charge is 2.38. The topological polar surface area (TPSA) is 81.2 Å². The van der Waals surface area contributed by atoms with Gasteiger partial charge in [0.15, 0.2) is 6.10 Å². The van der Waals surface area contributed by atoms with Crippen LogP contribution in [0.3, 0.4) is 0 Å². The van der Waals surface area contributed by atoms with E-state index in [1.54, 1.807) is 32.9 Å². The van der Waals surface area contributed by atoms with E-state index in [0.717, 1.165) is 6.92 Å². The van der Waals surface area contributed by atoms with Gasteiger partial charge in [-0.2, -0.15) is 13.2 Å². The highest BCUT2D eigenvalue weighted by Crippen LogP contribution is 2.23. The minimum absolute atomic E-state index is 0.0349. The van der Waals surface area contributed by atoms with Crippen molar-refractivity contribution < 1.29 is 27.5 Å². The second-order valence-corrected chi connectivity index (χ2v) is 7.28. The summed E-state index contributed by atoms with van der Waals surface area (Å²) in [6, 6.07) is 6.04. The Hall–Kier alpha value is -2.97. The Morgan fingerprint density at radius 1 is 1.17 bits per heavy atom. The van der Waals surface area contributed by atoms with Gasteiger partial charge >= 0.3 is 6.18 Å². The van der Waals surface area contributed by atoms with Gasteiger partial charge in [0.25, 0.3) is 5.91 Å². The fourth-order valence-corrected chi connectivity index (χ4v) is 2.46. The number of amides is 1. The first-order chi connectivity index (χ1) is 14.0. The molecule has 0 fully saturated rings. The summed E-state index contributed by atoms with van der Waals surface area (Å²) >= 11 is 0. The van der Waals surface area contributed by atoms with Crippen molar-refractivity contribution in [1.29, 1.82) is 0 Å². The van der Waals surface area contributed by atoms with E-state index in [-0.39, 0.29) is 36.5 Å². The molecule has 9 heteroatoms. The molecule has 162 valence electrons. The molecule has 2 rings (SSSR count). The van der Waals surface area contributed by atoms with Crippen LogP contribution in [0.4, 0.5) is 13.2 Å². The normalized spacial score (nSPS) is 12.5. The zero-order valence-corrected chi connectivity index (χ0v) is 17.2. The highest BCUT2D eigenvalue weighted by molar-refractivity contribution is 5.94. The van der Waals surface area contributed by atoms with Gasteiger partial charge in [-0.05, 0) is 31.5 Å². The molecule has 0 aliphatic rings. The quantitative estimate of drug-likeness (QED) is 0.698. The van der Waals surface area contributed by atoms with Crippen molar-refractivity contribution in [2.45, 2.75) is 52.9 Å². The number of Topliss-reactive ketones (excluding diaryl/α,β-unsaturated/α-hetero) is 1. The third-order valence-corrected chi connectivity index (χ3v) is 4.28. The van der Waals surface area contributed by atoms with Crippen molar-refractivity contribution in [1.82, 2.24) is 15.3 Å². The predicted octanol–water partition coefficient (Wildman–Crippen LogP) is 3.81. The SMILES string of the molecule is Cc1cc(C(=O)NCc2ccc(O[C@H](C)C(F)(F)F)nc2)cc(CC(=O)C(C)C)n1. The Kier molecular flexibility index (Phi) is 7.53. The number of nitrogens with zero attached hydrogens (tertiary/aromatic N) is 2. The molecule has 1 atom stereocenters. The number of hydrogen-bond acceptors (Lipinski definition) is 5. The van der Waals surface area contributed by atoms with Crippen LogP contribution in [-0.4, -0.2) is 33.9 Å². The summed E-state index contributed by atoms with van der Waals surface area (Å²) < 4.78 is 42.3. The van der Waals surface area contributed by atoms with Crippen LogP contribution < -0.4 is 10.1 Å². The molecule has 0 aliphatic carbocycles. The smallest absolute Gasteiger partial charge is 0.425 e. The lowest BCUT2D eigenvalue weighted by Gasteiger charge is -2.16. The maximum atomic E-state index is 12.5. The van der Waals surface area contributed by atoms with E-state index >= 15 is 0 Å². The van der Waals surface area contributed by atoms with Crippen LogP contribution in [0.15, 0.2) is 30.5 Å². The van der Waals surface area contributed by atoms with Crippen LogP contribution in [0.25, 0.3) is 0 Å². The van der Waals surface area contributed by atoms with E-state index in [9.17, 15) is 22.8 Å². The van der Waals surface area contributed by atoms with Crippen molar-refractivity contribution in [3.05, 3.63) is 53.0 Å². The second kappa shape index (κ2) is 9.69. The number of nitrogens with one attached hydrogen (secondary N) is 1. The average Bonchev–Trinajstić information content (AvgIpc) is 2.65. The number of carbonyl (C=O) groups excluding carboxylic acids is 2. The van der Waals surface area contributed by atoms with Gasteiger partial charge in [-0.1, -0.05) is 19.9 Å². The number of ether oxygens (including phenoxy) is 1. The zero-order chi connectivity index (χ0) is 22.5. The largest absolute Gasteiger partial charge is 0.465 e. The first-order valence-corrected chi connectivity index (χ1v) is 9.42. The van der Waals surface area contributed by atoms with Crippen molar-refractivity contribution in [2.24, 2.45) is 5.92 Å². The maximum Gasteiger partial charge on any atom is 0.425 e. The summed E-state index contributed by atoms with van der Waals surface area (Å²) in [5, 5.41) is 2.72. The lowest BCUT2D eigenvalue weighted by molar-refractivity contribution is -0.189. The molecule has 0 bridgehead atoms. The van der Waals surface area contributed by atoms with Crippen LogP contribution in [0.1, 0.15) is 48.1 Å². The summed E-state index contributed by atoms with van der Waals surface area (Å²) in [6.07, 6.45) is -4.96. The standard InChI is InChI=1S/C21H24F3N3O3/c1-12(2)18(28)9-17-8-16(7-13(3)27-17)20(29)26-11-15-5-6-19(25-10-15)30-14(4)21(22,23)24/h5-8,10,12,14H,9,11H2,1-4H3,(H,26,29)/t14-/m1/s1. The van der Waals surface area contributed by atoms with Gasteiger partial charge in [-0.15, -0.1) is 0 Å². The monoisotopic (exact) mass is 423 g/mol. The second-order valence-electron chi connectivity index (χ2n) is 7.28. The molecule has 2 aromatic rings. The lowest BCUT2D eigenvalue weighted by atomic mass is 10.0. The van der Waals surface area contributed by atoms with E-state index < -0.39 is 12.3 Å².